The number of amides is 2. The SMILES string of the molecule is COC(=O)c1ccccc1NC(=O)c1c(NC(=O)c2ccc([N+](=O)[O-])cc2)sc2c1CCC(C(C)(C)C)C2. The molecule has 0 saturated carbocycles. The lowest BCUT2D eigenvalue weighted by atomic mass is 9.72. The molecule has 198 valence electrons. The Morgan fingerprint density at radius 1 is 1.03 bits per heavy atom. The lowest BCUT2D eigenvalue weighted by molar-refractivity contribution is -0.384. The number of nitro groups is 1. The lowest BCUT2D eigenvalue weighted by Crippen LogP contribution is -2.27. The third-order valence-corrected chi connectivity index (χ3v) is 8.03. The quantitative estimate of drug-likeness (QED) is 0.223. The van der Waals surface area contributed by atoms with Gasteiger partial charge in [-0.3, -0.25) is 19.7 Å². The van der Waals surface area contributed by atoms with Crippen LogP contribution in [0.25, 0.3) is 0 Å². The molecule has 0 fully saturated rings. The maximum Gasteiger partial charge on any atom is 0.339 e. The van der Waals surface area contributed by atoms with Gasteiger partial charge in [0.2, 0.25) is 0 Å². The maximum absolute atomic E-state index is 13.7. The van der Waals surface area contributed by atoms with E-state index in [0.717, 1.165) is 23.3 Å². The number of carbonyl (C=O) groups excluding carboxylic acids is 3. The van der Waals surface area contributed by atoms with Crippen LogP contribution in [0.5, 0.6) is 0 Å². The number of hydrogen-bond acceptors (Lipinski definition) is 7. The second kappa shape index (κ2) is 10.7. The first-order valence-electron chi connectivity index (χ1n) is 12.2. The summed E-state index contributed by atoms with van der Waals surface area (Å²) < 4.78 is 4.84. The number of rotatable bonds is 6. The Balaban J connectivity index is 1.70. The summed E-state index contributed by atoms with van der Waals surface area (Å²) in [6.45, 7) is 6.60. The minimum atomic E-state index is -0.576. The van der Waals surface area contributed by atoms with Gasteiger partial charge in [-0.05, 0) is 60.4 Å². The highest BCUT2D eigenvalue weighted by atomic mass is 32.1. The van der Waals surface area contributed by atoms with Crippen molar-refractivity contribution >= 4 is 45.5 Å². The van der Waals surface area contributed by atoms with Crippen LogP contribution in [-0.4, -0.2) is 29.8 Å². The Bertz CT molecular complexity index is 1400. The fourth-order valence-electron chi connectivity index (χ4n) is 4.63. The Labute approximate surface area is 224 Å². The van der Waals surface area contributed by atoms with Gasteiger partial charge in [0.1, 0.15) is 5.00 Å². The van der Waals surface area contributed by atoms with Crippen molar-refractivity contribution in [3.8, 4) is 0 Å². The van der Waals surface area contributed by atoms with Crippen molar-refractivity contribution in [2.45, 2.75) is 40.0 Å². The molecule has 0 bridgehead atoms. The van der Waals surface area contributed by atoms with Crippen LogP contribution in [0.4, 0.5) is 16.4 Å². The van der Waals surface area contributed by atoms with Crippen LogP contribution in [0, 0.1) is 21.4 Å². The number of anilines is 2. The van der Waals surface area contributed by atoms with E-state index < -0.39 is 22.7 Å². The van der Waals surface area contributed by atoms with E-state index in [1.165, 1.54) is 42.7 Å². The molecule has 1 atom stereocenters. The summed E-state index contributed by atoms with van der Waals surface area (Å²) in [5.41, 5.74) is 1.99. The van der Waals surface area contributed by atoms with E-state index in [-0.39, 0.29) is 22.2 Å². The highest BCUT2D eigenvalue weighted by Gasteiger charge is 2.34. The molecule has 0 spiro atoms. The molecular formula is C28H29N3O6S. The van der Waals surface area contributed by atoms with Crippen molar-refractivity contribution in [3.05, 3.63) is 85.8 Å². The number of non-ortho nitro benzene ring substituents is 1. The van der Waals surface area contributed by atoms with Crippen molar-refractivity contribution in [2.75, 3.05) is 17.7 Å². The van der Waals surface area contributed by atoms with Crippen molar-refractivity contribution in [2.24, 2.45) is 11.3 Å². The van der Waals surface area contributed by atoms with Crippen LogP contribution < -0.4 is 10.6 Å². The number of fused-ring (bicyclic) bond motifs is 1. The number of hydrogen-bond donors (Lipinski definition) is 2. The number of esters is 1. The fraction of sp³-hybridized carbons (Fsp3) is 0.321. The highest BCUT2D eigenvalue weighted by molar-refractivity contribution is 7.17. The molecule has 2 amide bonds. The van der Waals surface area contributed by atoms with Crippen molar-refractivity contribution in [3.63, 3.8) is 0 Å². The normalized spacial score (nSPS) is 14.8. The highest BCUT2D eigenvalue weighted by Crippen LogP contribution is 2.44. The number of nitro benzene ring substituents is 1. The average Bonchev–Trinajstić information content (AvgIpc) is 3.25. The summed E-state index contributed by atoms with van der Waals surface area (Å²) in [6.07, 6.45) is 2.38. The Kier molecular flexibility index (Phi) is 7.63. The molecule has 4 rings (SSSR count). The summed E-state index contributed by atoms with van der Waals surface area (Å²) in [7, 11) is 1.27. The van der Waals surface area contributed by atoms with Crippen LogP contribution in [0.15, 0.2) is 48.5 Å². The molecule has 9 nitrogen and oxygen atoms in total. The smallest absolute Gasteiger partial charge is 0.339 e. The van der Waals surface area contributed by atoms with E-state index in [4.69, 9.17) is 4.74 Å². The molecule has 1 unspecified atom stereocenters. The molecule has 1 heterocycles. The van der Waals surface area contributed by atoms with Crippen molar-refractivity contribution in [1.29, 1.82) is 0 Å². The summed E-state index contributed by atoms with van der Waals surface area (Å²) in [4.78, 5) is 50.5. The number of benzene rings is 2. The van der Waals surface area contributed by atoms with E-state index in [1.807, 2.05) is 0 Å². The van der Waals surface area contributed by atoms with Gasteiger partial charge in [-0.2, -0.15) is 0 Å². The third-order valence-electron chi connectivity index (χ3n) is 6.87. The zero-order valence-corrected chi connectivity index (χ0v) is 22.4. The third kappa shape index (κ3) is 5.60. The molecule has 0 radical (unpaired) electrons. The molecule has 2 N–H and O–H groups in total. The van der Waals surface area contributed by atoms with Gasteiger partial charge in [-0.25, -0.2) is 4.79 Å². The summed E-state index contributed by atoms with van der Waals surface area (Å²) in [6, 6.07) is 11.8. The zero-order valence-electron chi connectivity index (χ0n) is 21.6. The number of thiophene rings is 1. The second-order valence-electron chi connectivity index (χ2n) is 10.3. The summed E-state index contributed by atoms with van der Waals surface area (Å²) in [5, 5.41) is 17.1. The van der Waals surface area contributed by atoms with Gasteiger partial charge in [0.15, 0.2) is 0 Å². The Hall–Kier alpha value is -4.05. The minimum absolute atomic E-state index is 0.0890. The van der Waals surface area contributed by atoms with Crippen molar-refractivity contribution < 1.29 is 24.0 Å². The van der Waals surface area contributed by atoms with Gasteiger partial charge in [0.25, 0.3) is 17.5 Å². The molecule has 0 saturated heterocycles. The first-order valence-corrected chi connectivity index (χ1v) is 13.0. The maximum atomic E-state index is 13.7. The molecular weight excluding hydrogens is 506 g/mol. The van der Waals surface area contributed by atoms with Gasteiger partial charge in [0, 0.05) is 22.6 Å². The molecule has 1 aliphatic carbocycles. The molecule has 38 heavy (non-hydrogen) atoms. The van der Waals surface area contributed by atoms with Crippen LogP contribution in [0.3, 0.4) is 0 Å². The molecule has 0 aliphatic heterocycles. The van der Waals surface area contributed by atoms with Crippen LogP contribution >= 0.6 is 11.3 Å². The Morgan fingerprint density at radius 2 is 1.71 bits per heavy atom. The molecule has 10 heteroatoms. The van der Waals surface area contributed by atoms with Gasteiger partial charge in [-0.1, -0.05) is 32.9 Å². The van der Waals surface area contributed by atoms with Gasteiger partial charge in [0.05, 0.1) is 28.8 Å². The molecule has 1 aromatic heterocycles. The lowest BCUT2D eigenvalue weighted by Gasteiger charge is -2.33. The van der Waals surface area contributed by atoms with E-state index in [0.29, 0.717) is 28.6 Å². The van der Waals surface area contributed by atoms with Gasteiger partial charge in [-0.15, -0.1) is 11.3 Å². The number of nitrogens with zero attached hydrogens (tertiary/aromatic N) is 1. The fourth-order valence-corrected chi connectivity index (χ4v) is 5.95. The number of ether oxygens (including phenoxy) is 1. The van der Waals surface area contributed by atoms with Gasteiger partial charge < -0.3 is 15.4 Å². The van der Waals surface area contributed by atoms with E-state index in [1.54, 1.807) is 24.3 Å². The molecule has 2 aromatic carbocycles. The number of nitrogens with one attached hydrogen (secondary N) is 2. The monoisotopic (exact) mass is 535 g/mol. The summed E-state index contributed by atoms with van der Waals surface area (Å²) in [5.74, 6) is -1.07. The van der Waals surface area contributed by atoms with E-state index in [9.17, 15) is 24.5 Å². The second-order valence-corrected chi connectivity index (χ2v) is 11.4. The Morgan fingerprint density at radius 3 is 2.34 bits per heavy atom. The van der Waals surface area contributed by atoms with E-state index >= 15 is 0 Å². The zero-order chi connectivity index (χ0) is 27.6. The molecule has 3 aromatic rings. The van der Waals surface area contributed by atoms with E-state index in [2.05, 4.69) is 31.4 Å². The minimum Gasteiger partial charge on any atom is -0.465 e. The van der Waals surface area contributed by atoms with Gasteiger partial charge >= 0.3 is 5.97 Å². The predicted molar refractivity (Wildman–Crippen MR) is 146 cm³/mol. The van der Waals surface area contributed by atoms with Crippen LogP contribution in [0.1, 0.15) is 68.7 Å². The van der Waals surface area contributed by atoms with Crippen molar-refractivity contribution in [1.82, 2.24) is 0 Å². The first kappa shape index (κ1) is 27.0. The largest absolute Gasteiger partial charge is 0.465 e. The molecule has 1 aliphatic rings. The summed E-state index contributed by atoms with van der Waals surface area (Å²) >= 11 is 1.37. The van der Waals surface area contributed by atoms with Crippen LogP contribution in [0.2, 0.25) is 0 Å². The van der Waals surface area contributed by atoms with Crippen LogP contribution in [-0.2, 0) is 17.6 Å². The number of methoxy groups -OCH3 is 1. The predicted octanol–water partition coefficient (Wildman–Crippen LogP) is 6.10. The standard InChI is InChI=1S/C28H29N3O6S/c1-28(2,3)17-11-14-20-22(15-17)38-26(30-24(32)16-9-12-18(13-10-16)31(35)36)23(20)25(33)29-21-8-6-5-7-19(21)27(34)37-4/h5-10,12-13,17H,11,14-15H2,1-4H3,(H,29,33)(H,30,32). The number of para-hydroxylation sites is 1. The first-order chi connectivity index (χ1) is 18.0. The number of carbonyl (C=O) groups is 3. The topological polar surface area (TPSA) is 128 Å². The average molecular weight is 536 g/mol.